The van der Waals surface area contributed by atoms with E-state index in [9.17, 15) is 0 Å². The van der Waals surface area contributed by atoms with Crippen molar-refractivity contribution in [3.63, 3.8) is 0 Å². The number of nitrogens with zero attached hydrogens (tertiary/aromatic N) is 3. The number of hydrogen-bond donors (Lipinski definition) is 1. The van der Waals surface area contributed by atoms with Gasteiger partial charge in [-0.25, -0.2) is 9.97 Å². The van der Waals surface area contributed by atoms with E-state index in [4.69, 9.17) is 0 Å². The summed E-state index contributed by atoms with van der Waals surface area (Å²) in [6, 6.07) is 2.08. The highest BCUT2D eigenvalue weighted by Gasteiger charge is 2.17. The van der Waals surface area contributed by atoms with Gasteiger partial charge in [0.25, 0.3) is 0 Å². The van der Waals surface area contributed by atoms with Crippen molar-refractivity contribution in [2.45, 2.75) is 46.5 Å². The summed E-state index contributed by atoms with van der Waals surface area (Å²) in [5.74, 6) is 2.72. The first-order valence-electron chi connectivity index (χ1n) is 8.02. The van der Waals surface area contributed by atoms with E-state index in [-0.39, 0.29) is 0 Å². The lowest BCUT2D eigenvalue weighted by atomic mass is 9.93. The molecule has 1 N–H and O–H groups in total. The van der Waals surface area contributed by atoms with E-state index in [1.54, 1.807) is 0 Å². The molecule has 0 spiro atoms. The number of hydrogen-bond acceptors (Lipinski definition) is 4. The van der Waals surface area contributed by atoms with Crippen LogP contribution >= 0.6 is 0 Å². The summed E-state index contributed by atoms with van der Waals surface area (Å²) in [6.07, 6.45) is 4.91. The summed E-state index contributed by atoms with van der Waals surface area (Å²) in [7, 11) is 0. The topological polar surface area (TPSA) is 41.0 Å². The highest BCUT2D eigenvalue weighted by Crippen LogP contribution is 2.20. The minimum Gasteiger partial charge on any atom is -0.370 e. The molecule has 4 nitrogen and oxygen atoms in total. The number of aryl methyl sites for hydroxylation is 2. The van der Waals surface area contributed by atoms with Crippen molar-refractivity contribution >= 4 is 5.82 Å². The molecular formula is C16H28N4. The Labute approximate surface area is 123 Å². The van der Waals surface area contributed by atoms with Crippen LogP contribution in [0.1, 0.15) is 44.6 Å². The number of piperidine rings is 1. The Morgan fingerprint density at radius 2 is 2.00 bits per heavy atom. The average molecular weight is 276 g/mol. The van der Waals surface area contributed by atoms with Crippen molar-refractivity contribution in [2.75, 3.05) is 31.5 Å². The van der Waals surface area contributed by atoms with Crippen LogP contribution in [0.2, 0.25) is 0 Å². The second kappa shape index (κ2) is 7.58. The molecule has 4 heteroatoms. The summed E-state index contributed by atoms with van der Waals surface area (Å²) < 4.78 is 0. The Morgan fingerprint density at radius 3 is 2.65 bits per heavy atom. The fraction of sp³-hybridized carbons (Fsp3) is 0.750. The first-order valence-corrected chi connectivity index (χ1v) is 8.02. The summed E-state index contributed by atoms with van der Waals surface area (Å²) in [5, 5.41) is 3.47. The SMILES string of the molecule is CCc1cc(NCCC2CCN(CC)CC2)nc(C)n1. The van der Waals surface area contributed by atoms with Crippen molar-refractivity contribution in [2.24, 2.45) is 5.92 Å². The smallest absolute Gasteiger partial charge is 0.129 e. The van der Waals surface area contributed by atoms with Gasteiger partial charge in [0.05, 0.1) is 0 Å². The molecule has 1 fully saturated rings. The Bertz CT molecular complexity index is 411. The van der Waals surface area contributed by atoms with Crippen molar-refractivity contribution in [3.05, 3.63) is 17.6 Å². The van der Waals surface area contributed by atoms with Crippen LogP contribution in [0.15, 0.2) is 6.07 Å². The van der Waals surface area contributed by atoms with Crippen LogP contribution in [-0.4, -0.2) is 41.0 Å². The maximum absolute atomic E-state index is 4.46. The Hall–Kier alpha value is -1.16. The van der Waals surface area contributed by atoms with Crippen molar-refractivity contribution in [1.82, 2.24) is 14.9 Å². The Morgan fingerprint density at radius 1 is 1.25 bits per heavy atom. The van der Waals surface area contributed by atoms with Crippen molar-refractivity contribution in [1.29, 1.82) is 0 Å². The van der Waals surface area contributed by atoms with Crippen LogP contribution in [0, 0.1) is 12.8 Å². The van der Waals surface area contributed by atoms with Crippen LogP contribution in [0.5, 0.6) is 0 Å². The summed E-state index contributed by atoms with van der Waals surface area (Å²) >= 11 is 0. The molecule has 0 amide bonds. The fourth-order valence-corrected chi connectivity index (χ4v) is 2.90. The van der Waals surface area contributed by atoms with Crippen LogP contribution in [0.25, 0.3) is 0 Å². The van der Waals surface area contributed by atoms with E-state index >= 15 is 0 Å². The molecule has 1 saturated heterocycles. The molecule has 0 radical (unpaired) electrons. The van der Waals surface area contributed by atoms with Crippen LogP contribution < -0.4 is 5.32 Å². The molecule has 1 aromatic rings. The Balaban J connectivity index is 1.74. The highest BCUT2D eigenvalue weighted by atomic mass is 15.1. The zero-order valence-corrected chi connectivity index (χ0v) is 13.2. The van der Waals surface area contributed by atoms with Crippen LogP contribution in [0.4, 0.5) is 5.82 Å². The van der Waals surface area contributed by atoms with Crippen molar-refractivity contribution in [3.8, 4) is 0 Å². The lowest BCUT2D eigenvalue weighted by Crippen LogP contribution is -2.33. The van der Waals surface area contributed by atoms with E-state index in [1.165, 1.54) is 38.9 Å². The second-order valence-electron chi connectivity index (χ2n) is 5.74. The zero-order valence-electron chi connectivity index (χ0n) is 13.2. The predicted molar refractivity (Wildman–Crippen MR) is 84.1 cm³/mol. The van der Waals surface area contributed by atoms with E-state index < -0.39 is 0 Å². The van der Waals surface area contributed by atoms with Gasteiger partial charge in [-0.2, -0.15) is 0 Å². The number of nitrogens with one attached hydrogen (secondary N) is 1. The number of rotatable bonds is 6. The molecule has 1 aromatic heterocycles. The van der Waals surface area contributed by atoms with Crippen LogP contribution in [0.3, 0.4) is 0 Å². The molecular weight excluding hydrogens is 248 g/mol. The van der Waals surface area contributed by atoms with Gasteiger partial charge in [-0.3, -0.25) is 0 Å². The van der Waals surface area contributed by atoms with Gasteiger partial charge in [-0.05, 0) is 58.2 Å². The quantitative estimate of drug-likeness (QED) is 0.867. The van der Waals surface area contributed by atoms with Crippen LogP contribution in [-0.2, 0) is 6.42 Å². The predicted octanol–water partition coefficient (Wildman–Crippen LogP) is 2.88. The molecule has 0 unspecified atom stereocenters. The Kier molecular flexibility index (Phi) is 5.77. The molecule has 112 valence electrons. The second-order valence-corrected chi connectivity index (χ2v) is 5.74. The summed E-state index contributed by atoms with van der Waals surface area (Å²) in [5.41, 5.74) is 1.12. The maximum Gasteiger partial charge on any atom is 0.129 e. The normalized spacial score (nSPS) is 17.4. The summed E-state index contributed by atoms with van der Waals surface area (Å²) in [6.45, 7) is 11.1. The minimum atomic E-state index is 0.864. The standard InChI is InChI=1S/C16H28N4/c1-4-15-12-16(19-13(3)18-15)17-9-6-14-7-10-20(5-2)11-8-14/h12,14H,4-11H2,1-3H3,(H,17,18,19). The third-order valence-corrected chi connectivity index (χ3v) is 4.27. The lowest BCUT2D eigenvalue weighted by molar-refractivity contribution is 0.189. The molecule has 0 atom stereocenters. The van der Waals surface area contributed by atoms with Gasteiger partial charge in [0.2, 0.25) is 0 Å². The van der Waals surface area contributed by atoms with Gasteiger partial charge in [0.1, 0.15) is 11.6 Å². The molecule has 20 heavy (non-hydrogen) atoms. The van der Waals surface area contributed by atoms with Gasteiger partial charge < -0.3 is 10.2 Å². The summed E-state index contributed by atoms with van der Waals surface area (Å²) in [4.78, 5) is 11.4. The third-order valence-electron chi connectivity index (χ3n) is 4.27. The van der Waals surface area contributed by atoms with Gasteiger partial charge in [0, 0.05) is 18.3 Å². The highest BCUT2D eigenvalue weighted by molar-refractivity contribution is 5.35. The average Bonchev–Trinajstić information content (AvgIpc) is 2.47. The van der Waals surface area contributed by atoms with Gasteiger partial charge >= 0.3 is 0 Å². The van der Waals surface area contributed by atoms with Gasteiger partial charge in [0.15, 0.2) is 0 Å². The van der Waals surface area contributed by atoms with E-state index in [0.717, 1.165) is 36.2 Å². The third kappa shape index (κ3) is 4.44. The molecule has 1 aliphatic rings. The first kappa shape index (κ1) is 15.2. The molecule has 1 aliphatic heterocycles. The maximum atomic E-state index is 4.46. The number of aromatic nitrogens is 2. The van der Waals surface area contributed by atoms with Gasteiger partial charge in [-0.1, -0.05) is 13.8 Å². The van der Waals surface area contributed by atoms with E-state index in [2.05, 4.69) is 40.1 Å². The molecule has 0 aliphatic carbocycles. The largest absolute Gasteiger partial charge is 0.370 e. The monoisotopic (exact) mass is 276 g/mol. The molecule has 0 saturated carbocycles. The number of likely N-dealkylation sites (tertiary alicyclic amines) is 1. The van der Waals surface area contributed by atoms with E-state index in [0.29, 0.717) is 0 Å². The fourth-order valence-electron chi connectivity index (χ4n) is 2.90. The minimum absolute atomic E-state index is 0.864. The molecule has 0 bridgehead atoms. The molecule has 2 heterocycles. The number of anilines is 1. The van der Waals surface area contributed by atoms with Crippen molar-refractivity contribution < 1.29 is 0 Å². The zero-order chi connectivity index (χ0) is 14.4. The lowest BCUT2D eigenvalue weighted by Gasteiger charge is -2.31. The van der Waals surface area contributed by atoms with Gasteiger partial charge in [-0.15, -0.1) is 0 Å². The molecule has 2 rings (SSSR count). The molecule has 0 aromatic carbocycles. The van der Waals surface area contributed by atoms with E-state index in [1.807, 2.05) is 6.92 Å². The first-order chi connectivity index (χ1) is 9.71.